The van der Waals surface area contributed by atoms with Crippen LogP contribution in [0.4, 0.5) is 5.69 Å². The van der Waals surface area contributed by atoms with Gasteiger partial charge in [-0.3, -0.25) is 10.1 Å². The molecule has 1 aliphatic rings. The zero-order valence-electron chi connectivity index (χ0n) is 14.9. The number of aromatic hydroxyl groups is 1. The van der Waals surface area contributed by atoms with Crippen LogP contribution in [0.3, 0.4) is 0 Å². The molecule has 0 saturated carbocycles. The van der Waals surface area contributed by atoms with Crippen LogP contribution in [0.15, 0.2) is 77.8 Å². The van der Waals surface area contributed by atoms with Crippen molar-refractivity contribution < 1.29 is 14.8 Å². The molecule has 0 atom stereocenters. The van der Waals surface area contributed by atoms with Crippen LogP contribution in [0.25, 0.3) is 11.3 Å². The van der Waals surface area contributed by atoms with Crippen molar-refractivity contribution >= 4 is 22.9 Å². The van der Waals surface area contributed by atoms with Crippen molar-refractivity contribution in [1.82, 2.24) is 0 Å². The van der Waals surface area contributed by atoms with Gasteiger partial charge < -0.3 is 9.84 Å². The minimum atomic E-state index is -0.499. The summed E-state index contributed by atoms with van der Waals surface area (Å²) >= 11 is 0. The average Bonchev–Trinajstić information content (AvgIpc) is 2.75. The summed E-state index contributed by atoms with van der Waals surface area (Å²) < 4.78 is 5.87. The van der Waals surface area contributed by atoms with E-state index < -0.39 is 4.92 Å². The molecule has 0 radical (unpaired) electrons. The number of nitro benzene ring substituents is 1. The third-order valence-corrected chi connectivity index (χ3v) is 4.41. The van der Waals surface area contributed by atoms with E-state index in [9.17, 15) is 20.5 Å². The first kappa shape index (κ1) is 17.9. The van der Waals surface area contributed by atoms with Crippen molar-refractivity contribution in [3.63, 3.8) is 0 Å². The lowest BCUT2D eigenvalue weighted by Crippen LogP contribution is -2.16. The summed E-state index contributed by atoms with van der Waals surface area (Å²) in [6.07, 6.45) is 0. The lowest BCUT2D eigenvalue weighted by Gasteiger charge is -2.20. The van der Waals surface area contributed by atoms with Gasteiger partial charge in [0.2, 0.25) is 5.90 Å². The van der Waals surface area contributed by atoms with E-state index >= 15 is 0 Å². The van der Waals surface area contributed by atoms with Crippen molar-refractivity contribution in [3.05, 3.63) is 99.6 Å². The maximum atomic E-state index is 10.9. The van der Waals surface area contributed by atoms with Gasteiger partial charge in [-0.25, -0.2) is 4.99 Å². The van der Waals surface area contributed by atoms with Crippen molar-refractivity contribution in [2.75, 3.05) is 0 Å². The first-order chi connectivity index (χ1) is 14.1. The largest absolute Gasteiger partial charge is 0.507 e. The van der Waals surface area contributed by atoms with Gasteiger partial charge in [0, 0.05) is 17.7 Å². The van der Waals surface area contributed by atoms with Gasteiger partial charge in [-0.2, -0.15) is 5.26 Å². The number of phenolic OH excluding ortho intramolecular Hbond substituents is 1. The van der Waals surface area contributed by atoms with Crippen LogP contribution in [0.5, 0.6) is 11.5 Å². The van der Waals surface area contributed by atoms with Crippen LogP contribution in [-0.2, 0) is 0 Å². The molecule has 4 rings (SSSR count). The minimum Gasteiger partial charge on any atom is -0.507 e. The fourth-order valence-corrected chi connectivity index (χ4v) is 3.00. The third-order valence-electron chi connectivity index (χ3n) is 4.41. The second-order valence-corrected chi connectivity index (χ2v) is 6.17. The number of aliphatic imine (C=N–C) groups is 1. The predicted molar refractivity (Wildman–Crippen MR) is 107 cm³/mol. The molecule has 0 spiro atoms. The van der Waals surface area contributed by atoms with Gasteiger partial charge in [0.25, 0.3) is 5.69 Å². The second-order valence-electron chi connectivity index (χ2n) is 6.17. The Labute approximate surface area is 165 Å². The molecule has 0 aliphatic carbocycles. The maximum Gasteiger partial charge on any atom is 0.269 e. The van der Waals surface area contributed by atoms with Gasteiger partial charge in [-0.05, 0) is 42.0 Å². The van der Waals surface area contributed by atoms with Gasteiger partial charge >= 0.3 is 0 Å². The first-order valence-corrected chi connectivity index (χ1v) is 8.62. The zero-order valence-corrected chi connectivity index (χ0v) is 14.9. The van der Waals surface area contributed by atoms with Crippen LogP contribution in [0.2, 0.25) is 0 Å². The van der Waals surface area contributed by atoms with E-state index in [-0.39, 0.29) is 22.9 Å². The van der Waals surface area contributed by atoms with E-state index in [0.29, 0.717) is 28.1 Å². The second kappa shape index (κ2) is 7.29. The van der Waals surface area contributed by atoms with Crippen LogP contribution in [-0.4, -0.2) is 15.9 Å². The van der Waals surface area contributed by atoms with E-state index in [2.05, 4.69) is 11.1 Å². The first-order valence-electron chi connectivity index (χ1n) is 8.62. The molecule has 0 aromatic heterocycles. The normalized spacial score (nSPS) is 14.1. The van der Waals surface area contributed by atoms with Crippen LogP contribution in [0, 0.1) is 21.4 Å². The summed E-state index contributed by atoms with van der Waals surface area (Å²) in [7, 11) is 0. The number of non-ortho nitro benzene ring substituents is 1. The Morgan fingerprint density at radius 1 is 1.00 bits per heavy atom. The topological polar surface area (TPSA) is 109 Å². The number of fused-ring (bicyclic) bond motifs is 1. The van der Waals surface area contributed by atoms with Gasteiger partial charge in [0.05, 0.1) is 21.8 Å². The molecule has 7 nitrogen and oxygen atoms in total. The molecule has 29 heavy (non-hydrogen) atoms. The summed E-state index contributed by atoms with van der Waals surface area (Å²) in [4.78, 5) is 14.9. The molecule has 0 saturated heterocycles. The van der Waals surface area contributed by atoms with Crippen LogP contribution in [0.1, 0.15) is 16.7 Å². The molecule has 0 amide bonds. The number of rotatable bonds is 3. The van der Waals surface area contributed by atoms with E-state index in [1.54, 1.807) is 42.5 Å². The zero-order chi connectivity index (χ0) is 20.4. The summed E-state index contributed by atoms with van der Waals surface area (Å²) in [5.41, 5.74) is 2.03. The molecule has 0 fully saturated rings. The Morgan fingerprint density at radius 3 is 2.31 bits per heavy atom. The average molecular weight is 383 g/mol. The molecular weight excluding hydrogens is 370 g/mol. The highest BCUT2D eigenvalue weighted by atomic mass is 16.6. The van der Waals surface area contributed by atoms with Gasteiger partial charge in [-0.1, -0.05) is 24.3 Å². The lowest BCUT2D eigenvalue weighted by molar-refractivity contribution is -0.384. The molecule has 1 heterocycles. The smallest absolute Gasteiger partial charge is 0.269 e. The summed E-state index contributed by atoms with van der Waals surface area (Å²) in [5.74, 6) is 0.649. The Morgan fingerprint density at radius 2 is 1.66 bits per heavy atom. The summed E-state index contributed by atoms with van der Waals surface area (Å²) in [6, 6.07) is 21.6. The number of para-hydroxylation sites is 2. The molecule has 3 aromatic carbocycles. The Bertz CT molecular complexity index is 1220. The van der Waals surface area contributed by atoms with Crippen molar-refractivity contribution in [3.8, 4) is 17.6 Å². The molecule has 1 aliphatic heterocycles. The number of benzene rings is 3. The predicted octanol–water partition coefficient (Wildman–Crippen LogP) is 4.53. The van der Waals surface area contributed by atoms with Crippen molar-refractivity contribution in [2.45, 2.75) is 0 Å². The standard InChI is InChI=1S/C22H13N3O4/c23-13-18(14-9-11-15(12-10-14)25(27)28)21-17-6-2-4-8-20(17)29-22(24-21)16-5-1-3-7-19(16)26/h1-12,26H/b21-18+. The highest BCUT2D eigenvalue weighted by Crippen LogP contribution is 2.38. The van der Waals surface area contributed by atoms with Crippen molar-refractivity contribution in [2.24, 2.45) is 4.99 Å². The summed E-state index contributed by atoms with van der Waals surface area (Å²) in [5, 5.41) is 30.9. The fourth-order valence-electron chi connectivity index (χ4n) is 3.00. The molecule has 0 unspecified atom stereocenters. The number of allylic oxidation sites excluding steroid dienone is 1. The SMILES string of the molecule is N#C/C(=C1\N=C(c2ccccc2O)Oc2ccccc21)c1ccc([N+](=O)[O-])cc1. The highest BCUT2D eigenvalue weighted by molar-refractivity contribution is 6.09. The van der Waals surface area contributed by atoms with Crippen LogP contribution < -0.4 is 4.74 Å². The molecule has 0 bridgehead atoms. The lowest BCUT2D eigenvalue weighted by atomic mass is 9.99. The molecular formula is C22H13N3O4. The van der Waals surface area contributed by atoms with E-state index in [1.807, 2.05) is 0 Å². The molecule has 1 N–H and O–H groups in total. The molecule has 3 aromatic rings. The van der Waals surface area contributed by atoms with Crippen LogP contribution >= 0.6 is 0 Å². The number of ether oxygens (including phenoxy) is 1. The number of nitriles is 1. The van der Waals surface area contributed by atoms with Gasteiger partial charge in [-0.15, -0.1) is 0 Å². The number of hydrogen-bond acceptors (Lipinski definition) is 6. The number of hydrogen-bond donors (Lipinski definition) is 1. The molecule has 7 heteroatoms. The van der Waals surface area contributed by atoms with E-state index in [1.165, 1.54) is 30.3 Å². The van der Waals surface area contributed by atoms with Gasteiger partial charge in [0.15, 0.2) is 0 Å². The Kier molecular flexibility index (Phi) is 4.51. The number of nitro groups is 1. The maximum absolute atomic E-state index is 10.9. The van der Waals surface area contributed by atoms with Gasteiger partial charge in [0.1, 0.15) is 17.6 Å². The monoisotopic (exact) mass is 383 g/mol. The number of nitrogens with zero attached hydrogens (tertiary/aromatic N) is 3. The van der Waals surface area contributed by atoms with Crippen molar-refractivity contribution in [1.29, 1.82) is 5.26 Å². The number of phenols is 1. The fraction of sp³-hybridized carbons (Fsp3) is 0. The Balaban J connectivity index is 1.93. The quantitative estimate of drug-likeness (QED) is 0.406. The van der Waals surface area contributed by atoms with E-state index in [0.717, 1.165) is 0 Å². The Hall–Kier alpha value is -4.44. The summed E-state index contributed by atoms with van der Waals surface area (Å²) in [6.45, 7) is 0. The minimum absolute atomic E-state index is 0.00109. The third kappa shape index (κ3) is 3.31. The van der Waals surface area contributed by atoms with E-state index in [4.69, 9.17) is 4.74 Å². The highest BCUT2D eigenvalue weighted by Gasteiger charge is 2.24. The molecule has 140 valence electrons.